The van der Waals surface area contributed by atoms with E-state index in [-0.39, 0.29) is 0 Å². The van der Waals surface area contributed by atoms with Gasteiger partial charge in [-0.15, -0.1) is 0 Å². The fourth-order valence-electron chi connectivity index (χ4n) is 1.04. The second kappa shape index (κ2) is 4.32. The van der Waals surface area contributed by atoms with Gasteiger partial charge in [0.25, 0.3) is 0 Å². The lowest BCUT2D eigenvalue weighted by atomic mass is 10.1. The van der Waals surface area contributed by atoms with Crippen LogP contribution in [0.3, 0.4) is 0 Å². The predicted octanol–water partition coefficient (Wildman–Crippen LogP) is 3.85. The van der Waals surface area contributed by atoms with Crippen molar-refractivity contribution in [1.29, 1.82) is 0 Å². The van der Waals surface area contributed by atoms with Crippen molar-refractivity contribution >= 4 is 11.6 Å². The highest BCUT2D eigenvalue weighted by atomic mass is 35.5. The summed E-state index contributed by atoms with van der Waals surface area (Å²) in [6.07, 6.45) is 3.07. The van der Waals surface area contributed by atoms with Crippen molar-refractivity contribution in [3.8, 4) is 0 Å². The smallest absolute Gasteiger partial charge is 0.0441 e. The first-order chi connectivity index (χ1) is 5.74. The second-order valence-corrected chi connectivity index (χ2v) is 3.31. The van der Waals surface area contributed by atoms with Gasteiger partial charge in [0.2, 0.25) is 0 Å². The van der Waals surface area contributed by atoms with Gasteiger partial charge in [0.05, 0.1) is 0 Å². The predicted molar refractivity (Wildman–Crippen MR) is 54.6 cm³/mol. The Bertz CT molecular complexity index is 287. The Hall–Kier alpha value is -0.750. The first-order valence-corrected chi connectivity index (χ1v) is 4.47. The van der Waals surface area contributed by atoms with Crippen LogP contribution in [0.2, 0.25) is 5.02 Å². The van der Waals surface area contributed by atoms with Crippen LogP contribution in [0, 0.1) is 0 Å². The minimum atomic E-state index is 0.860. The van der Waals surface area contributed by atoms with E-state index >= 15 is 0 Å². The fraction of sp³-hybridized carbons (Fsp3) is 0.273. The molecule has 0 aromatic heterocycles. The summed E-state index contributed by atoms with van der Waals surface area (Å²) in [4.78, 5) is 0. The molecule has 0 aliphatic rings. The van der Waals surface area contributed by atoms with Crippen LogP contribution in [0.5, 0.6) is 0 Å². The van der Waals surface area contributed by atoms with Crippen LogP contribution in [0.4, 0.5) is 0 Å². The third kappa shape index (κ3) is 2.38. The standard InChI is InChI=1S/C11H13Cl/c1-3-9(2)8-10-6-4-5-7-11(10)12/h3-7H,8H2,1-2H3/b9-3+. The molecule has 0 saturated carbocycles. The molecular formula is C11H13Cl. The second-order valence-electron chi connectivity index (χ2n) is 2.90. The van der Waals surface area contributed by atoms with Gasteiger partial charge >= 0.3 is 0 Å². The number of benzene rings is 1. The summed E-state index contributed by atoms with van der Waals surface area (Å²) in [6, 6.07) is 7.97. The third-order valence-electron chi connectivity index (χ3n) is 1.92. The normalized spacial score (nSPS) is 11.8. The molecule has 0 fully saturated rings. The average molecular weight is 181 g/mol. The number of allylic oxidation sites excluding steroid dienone is 2. The van der Waals surface area contributed by atoms with E-state index in [1.165, 1.54) is 11.1 Å². The van der Waals surface area contributed by atoms with Gasteiger partial charge < -0.3 is 0 Å². The Morgan fingerprint density at radius 3 is 2.67 bits per heavy atom. The van der Waals surface area contributed by atoms with Gasteiger partial charge in [-0.3, -0.25) is 0 Å². The van der Waals surface area contributed by atoms with Gasteiger partial charge in [0.15, 0.2) is 0 Å². The van der Waals surface area contributed by atoms with Crippen LogP contribution in [-0.4, -0.2) is 0 Å². The van der Waals surface area contributed by atoms with E-state index in [0.29, 0.717) is 0 Å². The van der Waals surface area contributed by atoms with Gasteiger partial charge in [0.1, 0.15) is 0 Å². The largest absolute Gasteiger partial charge is 0.0884 e. The van der Waals surface area contributed by atoms with Crippen LogP contribution in [0.1, 0.15) is 19.4 Å². The molecule has 0 aliphatic heterocycles. The van der Waals surface area contributed by atoms with Crippen molar-refractivity contribution in [3.05, 3.63) is 46.5 Å². The molecule has 0 nitrogen and oxygen atoms in total. The highest BCUT2D eigenvalue weighted by Crippen LogP contribution is 2.17. The lowest BCUT2D eigenvalue weighted by Gasteiger charge is -2.02. The minimum Gasteiger partial charge on any atom is -0.0884 e. The Balaban J connectivity index is 2.82. The van der Waals surface area contributed by atoms with Crippen LogP contribution in [-0.2, 0) is 6.42 Å². The molecule has 0 amide bonds. The molecule has 1 aromatic rings. The zero-order chi connectivity index (χ0) is 8.97. The average Bonchev–Trinajstić information content (AvgIpc) is 2.09. The summed E-state index contributed by atoms with van der Waals surface area (Å²) >= 11 is 6.00. The van der Waals surface area contributed by atoms with Gasteiger partial charge in [-0.25, -0.2) is 0 Å². The number of hydrogen-bond acceptors (Lipinski definition) is 0. The molecule has 12 heavy (non-hydrogen) atoms. The molecule has 1 heteroatoms. The van der Waals surface area contributed by atoms with E-state index in [1.807, 2.05) is 25.1 Å². The summed E-state index contributed by atoms with van der Waals surface area (Å²) in [5, 5.41) is 0.860. The lowest BCUT2D eigenvalue weighted by molar-refractivity contribution is 1.13. The van der Waals surface area contributed by atoms with Gasteiger partial charge in [-0.2, -0.15) is 0 Å². The van der Waals surface area contributed by atoms with E-state index < -0.39 is 0 Å². The van der Waals surface area contributed by atoms with Crippen molar-refractivity contribution in [3.63, 3.8) is 0 Å². The van der Waals surface area contributed by atoms with E-state index in [1.54, 1.807) is 0 Å². The van der Waals surface area contributed by atoms with Crippen LogP contribution in [0.25, 0.3) is 0 Å². The Labute approximate surface area is 78.9 Å². The fourth-order valence-corrected chi connectivity index (χ4v) is 1.25. The maximum absolute atomic E-state index is 6.00. The Morgan fingerprint density at radius 2 is 2.08 bits per heavy atom. The molecule has 64 valence electrons. The zero-order valence-electron chi connectivity index (χ0n) is 7.47. The highest BCUT2D eigenvalue weighted by Gasteiger charge is 1.98. The van der Waals surface area contributed by atoms with E-state index in [4.69, 9.17) is 11.6 Å². The number of hydrogen-bond donors (Lipinski definition) is 0. The molecule has 0 radical (unpaired) electrons. The summed E-state index contributed by atoms with van der Waals surface area (Å²) in [5.74, 6) is 0. The van der Waals surface area contributed by atoms with Crippen LogP contribution >= 0.6 is 11.6 Å². The molecule has 0 aliphatic carbocycles. The molecule has 0 spiro atoms. The highest BCUT2D eigenvalue weighted by molar-refractivity contribution is 6.31. The lowest BCUT2D eigenvalue weighted by Crippen LogP contribution is -1.86. The monoisotopic (exact) mass is 180 g/mol. The van der Waals surface area contributed by atoms with Gasteiger partial charge in [-0.05, 0) is 31.9 Å². The first-order valence-electron chi connectivity index (χ1n) is 4.09. The number of rotatable bonds is 2. The van der Waals surface area contributed by atoms with Crippen molar-refractivity contribution < 1.29 is 0 Å². The molecule has 0 heterocycles. The van der Waals surface area contributed by atoms with E-state index in [2.05, 4.69) is 19.1 Å². The summed E-state index contributed by atoms with van der Waals surface area (Å²) in [7, 11) is 0. The van der Waals surface area contributed by atoms with E-state index in [0.717, 1.165) is 11.4 Å². The van der Waals surface area contributed by atoms with E-state index in [9.17, 15) is 0 Å². The van der Waals surface area contributed by atoms with Crippen LogP contribution < -0.4 is 0 Å². The quantitative estimate of drug-likeness (QED) is 0.607. The molecule has 1 rings (SSSR count). The van der Waals surface area contributed by atoms with Crippen LogP contribution in [0.15, 0.2) is 35.9 Å². The summed E-state index contributed by atoms with van der Waals surface area (Å²) in [6.45, 7) is 4.16. The molecular weight excluding hydrogens is 168 g/mol. The molecule has 0 N–H and O–H groups in total. The molecule has 1 aromatic carbocycles. The van der Waals surface area contributed by atoms with Gasteiger partial charge in [-0.1, -0.05) is 41.4 Å². The topological polar surface area (TPSA) is 0 Å². The first kappa shape index (κ1) is 9.34. The zero-order valence-corrected chi connectivity index (χ0v) is 8.23. The third-order valence-corrected chi connectivity index (χ3v) is 2.29. The van der Waals surface area contributed by atoms with Crippen molar-refractivity contribution in [1.82, 2.24) is 0 Å². The summed E-state index contributed by atoms with van der Waals surface area (Å²) < 4.78 is 0. The Morgan fingerprint density at radius 1 is 1.42 bits per heavy atom. The SMILES string of the molecule is C/C=C(\C)Cc1ccccc1Cl. The van der Waals surface area contributed by atoms with Crippen molar-refractivity contribution in [2.75, 3.05) is 0 Å². The maximum atomic E-state index is 6.00. The Kier molecular flexibility index (Phi) is 3.36. The number of halogens is 1. The molecule has 0 atom stereocenters. The van der Waals surface area contributed by atoms with Crippen molar-refractivity contribution in [2.45, 2.75) is 20.3 Å². The minimum absolute atomic E-state index is 0.860. The molecule has 0 unspecified atom stereocenters. The maximum Gasteiger partial charge on any atom is 0.0441 e. The van der Waals surface area contributed by atoms with Gasteiger partial charge in [0, 0.05) is 5.02 Å². The molecule has 0 bridgehead atoms. The molecule has 0 saturated heterocycles. The summed E-state index contributed by atoms with van der Waals surface area (Å²) in [5.41, 5.74) is 2.55. The van der Waals surface area contributed by atoms with Crippen molar-refractivity contribution in [2.24, 2.45) is 0 Å².